The third-order valence-electron chi connectivity index (χ3n) is 2.30. The smallest absolute Gasteiger partial charge is 0.228 e. The highest BCUT2D eigenvalue weighted by Crippen LogP contribution is 2.12. The number of aromatic nitrogens is 2. The van der Waals surface area contributed by atoms with E-state index in [4.69, 9.17) is 10.3 Å². The molecule has 1 aromatic heterocycles. The van der Waals surface area contributed by atoms with E-state index >= 15 is 0 Å². The number of nitrogens with zero attached hydrogens (tertiary/aromatic N) is 2. The molecule has 17 heavy (non-hydrogen) atoms. The van der Waals surface area contributed by atoms with Gasteiger partial charge in [-0.05, 0) is 24.5 Å². The number of thioether (sulfide) groups is 1. The lowest BCUT2D eigenvalue weighted by Crippen LogP contribution is -2.24. The maximum Gasteiger partial charge on any atom is 0.228 e. The van der Waals surface area contributed by atoms with Crippen molar-refractivity contribution in [3.8, 4) is 0 Å². The Morgan fingerprint density at radius 3 is 2.82 bits per heavy atom. The lowest BCUT2D eigenvalue weighted by atomic mass is 10.0. The molecule has 98 valence electrons. The molecule has 0 aliphatic carbocycles. The van der Waals surface area contributed by atoms with E-state index in [2.05, 4.69) is 30.9 Å². The van der Waals surface area contributed by atoms with Crippen molar-refractivity contribution in [2.75, 3.05) is 5.75 Å². The van der Waals surface area contributed by atoms with Crippen LogP contribution in [0.15, 0.2) is 4.52 Å². The van der Waals surface area contributed by atoms with Crippen LogP contribution in [-0.4, -0.2) is 21.9 Å². The fourth-order valence-corrected chi connectivity index (χ4v) is 2.39. The minimum atomic E-state index is 0.117. The number of rotatable bonds is 8. The van der Waals surface area contributed by atoms with Crippen LogP contribution >= 0.6 is 11.8 Å². The topological polar surface area (TPSA) is 64.9 Å². The summed E-state index contributed by atoms with van der Waals surface area (Å²) in [6.07, 6.45) is 2.85. The lowest BCUT2D eigenvalue weighted by molar-refractivity contribution is 0.356. The molecule has 0 saturated carbocycles. The molecular weight excluding hydrogens is 234 g/mol. The van der Waals surface area contributed by atoms with Crippen molar-refractivity contribution in [3.05, 3.63) is 11.7 Å². The fraction of sp³-hybridized carbons (Fsp3) is 0.833. The van der Waals surface area contributed by atoms with Crippen LogP contribution in [0.5, 0.6) is 0 Å². The quantitative estimate of drug-likeness (QED) is 0.725. The van der Waals surface area contributed by atoms with Crippen LogP contribution < -0.4 is 5.73 Å². The molecule has 0 aliphatic rings. The van der Waals surface area contributed by atoms with Gasteiger partial charge in [0.2, 0.25) is 5.89 Å². The summed E-state index contributed by atoms with van der Waals surface area (Å²) < 4.78 is 5.19. The van der Waals surface area contributed by atoms with E-state index in [9.17, 15) is 0 Å². The summed E-state index contributed by atoms with van der Waals surface area (Å²) in [5.41, 5.74) is 6.00. The highest BCUT2D eigenvalue weighted by molar-refractivity contribution is 7.98. The number of hydrogen-bond acceptors (Lipinski definition) is 5. The Hall–Kier alpha value is -0.550. The first-order valence-electron chi connectivity index (χ1n) is 6.26. The monoisotopic (exact) mass is 257 g/mol. The van der Waals surface area contributed by atoms with Crippen LogP contribution in [-0.2, 0) is 12.2 Å². The third-order valence-corrected chi connectivity index (χ3v) is 3.46. The molecule has 2 N–H and O–H groups in total. The van der Waals surface area contributed by atoms with Crippen LogP contribution in [0.3, 0.4) is 0 Å². The first kappa shape index (κ1) is 14.5. The highest BCUT2D eigenvalue weighted by atomic mass is 32.2. The molecule has 0 saturated heterocycles. The van der Waals surface area contributed by atoms with Gasteiger partial charge in [0.15, 0.2) is 5.82 Å². The summed E-state index contributed by atoms with van der Waals surface area (Å²) in [5.74, 6) is 4.03. The second kappa shape index (κ2) is 7.71. The zero-order valence-corrected chi connectivity index (χ0v) is 11.8. The molecular formula is C12H23N3OS. The number of nitrogens with two attached hydrogens (primary N) is 1. The van der Waals surface area contributed by atoms with E-state index in [0.29, 0.717) is 18.2 Å². The van der Waals surface area contributed by atoms with Crippen molar-refractivity contribution in [2.24, 2.45) is 11.7 Å². The Bertz CT molecular complexity index is 314. The van der Waals surface area contributed by atoms with E-state index in [1.165, 1.54) is 6.42 Å². The van der Waals surface area contributed by atoms with Gasteiger partial charge in [0.1, 0.15) is 0 Å². The fourth-order valence-electron chi connectivity index (χ4n) is 1.65. The van der Waals surface area contributed by atoms with Gasteiger partial charge in [0.05, 0.1) is 5.75 Å². The molecule has 1 unspecified atom stereocenters. The molecule has 1 atom stereocenters. The molecule has 0 fully saturated rings. The molecule has 1 rings (SSSR count). The average molecular weight is 257 g/mol. The second-order valence-electron chi connectivity index (χ2n) is 4.75. The van der Waals surface area contributed by atoms with E-state index in [-0.39, 0.29) is 6.04 Å². The largest absolute Gasteiger partial charge is 0.339 e. The van der Waals surface area contributed by atoms with Gasteiger partial charge in [0, 0.05) is 12.5 Å². The van der Waals surface area contributed by atoms with E-state index in [1.54, 1.807) is 0 Å². The molecule has 1 aromatic rings. The first-order valence-corrected chi connectivity index (χ1v) is 7.42. The standard InChI is InChI=1S/C12H23N3OS/c1-4-5-17-8-11-14-12(16-15-11)7-10(13)6-9(2)3/h9-10H,4-8,13H2,1-3H3. The van der Waals surface area contributed by atoms with E-state index in [1.807, 2.05) is 11.8 Å². The van der Waals surface area contributed by atoms with Crippen LogP contribution in [0.1, 0.15) is 45.3 Å². The minimum Gasteiger partial charge on any atom is -0.339 e. The van der Waals surface area contributed by atoms with Crippen LogP contribution in [0.25, 0.3) is 0 Å². The predicted molar refractivity (Wildman–Crippen MR) is 71.9 cm³/mol. The van der Waals surface area contributed by atoms with Gasteiger partial charge in [0.25, 0.3) is 0 Å². The third kappa shape index (κ3) is 6.07. The van der Waals surface area contributed by atoms with Gasteiger partial charge < -0.3 is 10.3 Å². The minimum absolute atomic E-state index is 0.117. The Kier molecular flexibility index (Phi) is 6.58. The van der Waals surface area contributed by atoms with Crippen LogP contribution in [0.4, 0.5) is 0 Å². The zero-order valence-electron chi connectivity index (χ0n) is 11.0. The van der Waals surface area contributed by atoms with E-state index in [0.717, 1.165) is 23.8 Å². The van der Waals surface area contributed by atoms with Gasteiger partial charge in [-0.1, -0.05) is 25.9 Å². The van der Waals surface area contributed by atoms with Crippen molar-refractivity contribution >= 4 is 11.8 Å². The zero-order chi connectivity index (χ0) is 12.7. The highest BCUT2D eigenvalue weighted by Gasteiger charge is 2.12. The molecule has 0 aliphatic heterocycles. The Morgan fingerprint density at radius 1 is 1.41 bits per heavy atom. The molecule has 0 spiro atoms. The summed E-state index contributed by atoms with van der Waals surface area (Å²) in [6.45, 7) is 6.50. The van der Waals surface area contributed by atoms with E-state index < -0.39 is 0 Å². The molecule has 0 amide bonds. The van der Waals surface area contributed by atoms with Crippen molar-refractivity contribution < 1.29 is 4.52 Å². The average Bonchev–Trinajstić information content (AvgIpc) is 2.64. The van der Waals surface area contributed by atoms with Gasteiger partial charge in [-0.25, -0.2) is 0 Å². The number of hydrogen-bond donors (Lipinski definition) is 1. The predicted octanol–water partition coefficient (Wildman–Crippen LogP) is 2.63. The van der Waals surface area contributed by atoms with Gasteiger partial charge in [-0.2, -0.15) is 16.7 Å². The Labute approximate surface area is 108 Å². The van der Waals surface area contributed by atoms with Crippen molar-refractivity contribution in [2.45, 2.75) is 51.8 Å². The lowest BCUT2D eigenvalue weighted by Gasteiger charge is -2.10. The Morgan fingerprint density at radius 2 is 2.18 bits per heavy atom. The first-order chi connectivity index (χ1) is 8.11. The van der Waals surface area contributed by atoms with Crippen LogP contribution in [0.2, 0.25) is 0 Å². The van der Waals surface area contributed by atoms with Crippen molar-refractivity contribution in [3.63, 3.8) is 0 Å². The van der Waals surface area contributed by atoms with Crippen molar-refractivity contribution in [1.29, 1.82) is 0 Å². The molecule has 0 aromatic carbocycles. The van der Waals surface area contributed by atoms with Gasteiger partial charge in [-0.3, -0.25) is 0 Å². The maximum atomic E-state index is 6.00. The second-order valence-corrected chi connectivity index (χ2v) is 5.86. The molecule has 1 heterocycles. The summed E-state index contributed by atoms with van der Waals surface area (Å²) >= 11 is 1.83. The maximum absolute atomic E-state index is 6.00. The summed E-state index contributed by atoms with van der Waals surface area (Å²) in [6, 6.07) is 0.117. The molecule has 0 bridgehead atoms. The summed E-state index contributed by atoms with van der Waals surface area (Å²) in [7, 11) is 0. The van der Waals surface area contributed by atoms with Crippen molar-refractivity contribution in [1.82, 2.24) is 10.1 Å². The summed E-state index contributed by atoms with van der Waals surface area (Å²) in [4.78, 5) is 4.35. The molecule has 5 heteroatoms. The Balaban J connectivity index is 2.34. The molecule has 0 radical (unpaired) electrons. The summed E-state index contributed by atoms with van der Waals surface area (Å²) in [5, 5.41) is 3.96. The van der Waals surface area contributed by atoms with Gasteiger partial charge in [-0.15, -0.1) is 0 Å². The normalized spacial score (nSPS) is 13.2. The SMILES string of the molecule is CCCSCc1noc(CC(N)CC(C)C)n1. The molecule has 4 nitrogen and oxygen atoms in total. The van der Waals surface area contributed by atoms with Crippen LogP contribution in [0, 0.1) is 5.92 Å². The van der Waals surface area contributed by atoms with Gasteiger partial charge >= 0.3 is 0 Å².